The van der Waals surface area contributed by atoms with E-state index in [1.165, 1.54) is 6.07 Å². The number of nitro benzene ring substituents is 1. The minimum Gasteiger partial charge on any atom is -0.488 e. The molecule has 0 amide bonds. The number of hydrogen-bond donors (Lipinski definition) is 0. The molecule has 27 heavy (non-hydrogen) atoms. The zero-order valence-electron chi connectivity index (χ0n) is 16.2. The first-order valence-corrected chi connectivity index (χ1v) is 8.76. The SMILES string of the molecule is Cc1cc(-c2cc(C)n(C)n2)c(C)cc1OCc1c(C)cccc1[N+](=O)[O-]. The summed E-state index contributed by atoms with van der Waals surface area (Å²) in [4.78, 5) is 10.9. The largest absolute Gasteiger partial charge is 0.488 e. The number of benzene rings is 2. The van der Waals surface area contributed by atoms with E-state index in [1.807, 2.05) is 51.6 Å². The molecule has 0 aliphatic carbocycles. The van der Waals surface area contributed by atoms with Gasteiger partial charge in [0, 0.05) is 24.4 Å². The molecule has 0 N–H and O–H groups in total. The Morgan fingerprint density at radius 1 is 1.07 bits per heavy atom. The van der Waals surface area contributed by atoms with E-state index >= 15 is 0 Å². The third-order valence-corrected chi connectivity index (χ3v) is 4.87. The monoisotopic (exact) mass is 365 g/mol. The van der Waals surface area contributed by atoms with Gasteiger partial charge in [-0.1, -0.05) is 12.1 Å². The van der Waals surface area contributed by atoms with Gasteiger partial charge in [-0.05, 0) is 62.6 Å². The van der Waals surface area contributed by atoms with Crippen LogP contribution < -0.4 is 4.74 Å². The molecular weight excluding hydrogens is 342 g/mol. The predicted octanol–water partition coefficient (Wildman–Crippen LogP) is 4.81. The maximum Gasteiger partial charge on any atom is 0.276 e. The second-order valence-electron chi connectivity index (χ2n) is 6.85. The number of nitrogens with zero attached hydrogens (tertiary/aromatic N) is 3. The summed E-state index contributed by atoms with van der Waals surface area (Å²) in [6.45, 7) is 8.02. The van der Waals surface area contributed by atoms with Crippen molar-refractivity contribution < 1.29 is 9.66 Å². The molecule has 2 aromatic carbocycles. The van der Waals surface area contributed by atoms with Crippen molar-refractivity contribution in [2.75, 3.05) is 0 Å². The van der Waals surface area contributed by atoms with E-state index in [9.17, 15) is 10.1 Å². The van der Waals surface area contributed by atoms with Crippen molar-refractivity contribution in [3.8, 4) is 17.0 Å². The molecule has 0 aliphatic heterocycles. The van der Waals surface area contributed by atoms with Crippen LogP contribution >= 0.6 is 0 Å². The van der Waals surface area contributed by atoms with Gasteiger partial charge in [-0.3, -0.25) is 14.8 Å². The van der Waals surface area contributed by atoms with Crippen LogP contribution in [0.1, 0.15) is 27.9 Å². The third kappa shape index (κ3) is 3.69. The first-order valence-electron chi connectivity index (χ1n) is 8.76. The average Bonchev–Trinajstić information content (AvgIpc) is 2.94. The van der Waals surface area contributed by atoms with E-state index in [1.54, 1.807) is 6.07 Å². The number of ether oxygens (including phenoxy) is 1. The standard InChI is InChI=1S/C21H23N3O3/c1-13-7-6-8-20(24(25)26)18(13)12-27-21-10-14(2)17(9-15(21)3)19-11-16(4)23(5)22-19/h6-11H,12H2,1-5H3. The molecule has 0 unspecified atom stereocenters. The molecule has 140 valence electrons. The Hall–Kier alpha value is -3.15. The quantitative estimate of drug-likeness (QED) is 0.481. The van der Waals surface area contributed by atoms with Crippen LogP contribution in [0, 0.1) is 37.8 Å². The molecule has 0 atom stereocenters. The van der Waals surface area contributed by atoms with Crippen LogP contribution in [0.3, 0.4) is 0 Å². The van der Waals surface area contributed by atoms with Crippen LogP contribution in [0.25, 0.3) is 11.3 Å². The summed E-state index contributed by atoms with van der Waals surface area (Å²) in [7, 11) is 1.92. The molecule has 0 fully saturated rings. The summed E-state index contributed by atoms with van der Waals surface area (Å²) in [6, 6.07) is 11.1. The highest BCUT2D eigenvalue weighted by atomic mass is 16.6. The van der Waals surface area contributed by atoms with Crippen LogP contribution in [0.5, 0.6) is 5.75 Å². The van der Waals surface area contributed by atoms with Gasteiger partial charge in [0.25, 0.3) is 5.69 Å². The van der Waals surface area contributed by atoms with Gasteiger partial charge in [0.1, 0.15) is 12.4 Å². The predicted molar refractivity (Wildman–Crippen MR) is 105 cm³/mol. The molecule has 3 rings (SSSR count). The topological polar surface area (TPSA) is 70.2 Å². The van der Waals surface area contributed by atoms with Crippen LogP contribution in [0.15, 0.2) is 36.4 Å². The van der Waals surface area contributed by atoms with Crippen LogP contribution in [-0.2, 0) is 13.7 Å². The summed E-state index contributed by atoms with van der Waals surface area (Å²) in [6.07, 6.45) is 0. The average molecular weight is 365 g/mol. The third-order valence-electron chi connectivity index (χ3n) is 4.87. The first-order chi connectivity index (χ1) is 12.8. The number of aryl methyl sites for hydroxylation is 5. The lowest BCUT2D eigenvalue weighted by Gasteiger charge is -2.14. The number of rotatable bonds is 5. The summed E-state index contributed by atoms with van der Waals surface area (Å²) < 4.78 is 7.82. The summed E-state index contributed by atoms with van der Waals surface area (Å²) in [5, 5.41) is 15.8. The molecule has 0 aliphatic rings. The fourth-order valence-electron chi connectivity index (χ4n) is 3.11. The second-order valence-corrected chi connectivity index (χ2v) is 6.85. The van der Waals surface area contributed by atoms with E-state index in [-0.39, 0.29) is 17.2 Å². The lowest BCUT2D eigenvalue weighted by molar-refractivity contribution is -0.385. The molecule has 0 saturated carbocycles. The van der Waals surface area contributed by atoms with E-state index in [0.717, 1.165) is 39.4 Å². The van der Waals surface area contributed by atoms with Crippen LogP contribution in [-0.4, -0.2) is 14.7 Å². The maximum atomic E-state index is 11.3. The van der Waals surface area contributed by atoms with Crippen molar-refractivity contribution in [3.63, 3.8) is 0 Å². The number of aromatic nitrogens is 2. The summed E-state index contributed by atoms with van der Waals surface area (Å²) in [5.74, 6) is 0.724. The molecule has 3 aromatic rings. The highest BCUT2D eigenvalue weighted by Crippen LogP contribution is 2.31. The fourth-order valence-corrected chi connectivity index (χ4v) is 3.11. The van der Waals surface area contributed by atoms with Crippen LogP contribution in [0.2, 0.25) is 0 Å². The molecule has 6 nitrogen and oxygen atoms in total. The molecule has 0 bridgehead atoms. The van der Waals surface area contributed by atoms with Gasteiger partial charge in [-0.15, -0.1) is 0 Å². The molecule has 1 aromatic heterocycles. The Morgan fingerprint density at radius 3 is 2.44 bits per heavy atom. The lowest BCUT2D eigenvalue weighted by Crippen LogP contribution is -2.04. The minimum absolute atomic E-state index is 0.0879. The van der Waals surface area contributed by atoms with Gasteiger partial charge in [0.2, 0.25) is 0 Å². The molecule has 0 spiro atoms. The van der Waals surface area contributed by atoms with E-state index in [2.05, 4.69) is 17.2 Å². The normalized spacial score (nSPS) is 10.9. The van der Waals surface area contributed by atoms with E-state index in [4.69, 9.17) is 4.74 Å². The van der Waals surface area contributed by atoms with Gasteiger partial charge in [-0.2, -0.15) is 5.10 Å². The molecular formula is C21H23N3O3. The number of nitro groups is 1. The van der Waals surface area contributed by atoms with Crippen molar-refractivity contribution in [1.82, 2.24) is 9.78 Å². The first kappa shape index (κ1) is 18.6. The Morgan fingerprint density at radius 2 is 1.81 bits per heavy atom. The van der Waals surface area contributed by atoms with Crippen molar-refractivity contribution in [2.45, 2.75) is 34.3 Å². The molecule has 1 heterocycles. The minimum atomic E-state index is -0.365. The second kappa shape index (κ2) is 7.23. The van der Waals surface area contributed by atoms with Gasteiger partial charge < -0.3 is 4.74 Å². The zero-order chi connectivity index (χ0) is 19.7. The highest BCUT2D eigenvalue weighted by Gasteiger charge is 2.17. The van der Waals surface area contributed by atoms with Gasteiger partial charge in [0.15, 0.2) is 0 Å². The van der Waals surface area contributed by atoms with Gasteiger partial charge in [-0.25, -0.2) is 0 Å². The van der Waals surface area contributed by atoms with Crippen molar-refractivity contribution >= 4 is 5.69 Å². The fraction of sp³-hybridized carbons (Fsp3) is 0.286. The van der Waals surface area contributed by atoms with Crippen molar-refractivity contribution in [2.24, 2.45) is 7.05 Å². The molecule has 6 heteroatoms. The summed E-state index contributed by atoms with van der Waals surface area (Å²) >= 11 is 0. The van der Waals surface area contributed by atoms with E-state index < -0.39 is 0 Å². The van der Waals surface area contributed by atoms with Crippen LogP contribution in [0.4, 0.5) is 5.69 Å². The molecule has 0 saturated heterocycles. The Kier molecular flexibility index (Phi) is 4.99. The Labute approximate surface area is 158 Å². The zero-order valence-corrected chi connectivity index (χ0v) is 16.2. The van der Waals surface area contributed by atoms with Crippen molar-refractivity contribution in [3.05, 3.63) is 74.5 Å². The van der Waals surface area contributed by atoms with Gasteiger partial charge >= 0.3 is 0 Å². The number of hydrogen-bond acceptors (Lipinski definition) is 4. The Bertz CT molecular complexity index is 1000. The Balaban J connectivity index is 1.89. The lowest BCUT2D eigenvalue weighted by atomic mass is 10.0. The maximum absolute atomic E-state index is 11.3. The highest BCUT2D eigenvalue weighted by molar-refractivity contribution is 5.66. The molecule has 0 radical (unpaired) electrons. The van der Waals surface area contributed by atoms with Crippen molar-refractivity contribution in [1.29, 1.82) is 0 Å². The van der Waals surface area contributed by atoms with Gasteiger partial charge in [0.05, 0.1) is 16.2 Å². The summed E-state index contributed by atoms with van der Waals surface area (Å²) in [5.41, 5.74) is 6.63. The van der Waals surface area contributed by atoms with E-state index in [0.29, 0.717) is 5.56 Å². The smallest absolute Gasteiger partial charge is 0.276 e.